The Kier molecular flexibility index (Phi) is 7.84. The average Bonchev–Trinajstić information content (AvgIpc) is 2.00. The Morgan fingerprint density at radius 2 is 2.08 bits per heavy atom. The van der Waals surface area contributed by atoms with Crippen molar-refractivity contribution in [3.63, 3.8) is 0 Å². The quantitative estimate of drug-likeness (QED) is 0.320. The summed E-state index contributed by atoms with van der Waals surface area (Å²) >= 11 is 0. The Morgan fingerprint density at radius 3 is 2.46 bits per heavy atom. The average molecular weight is 210 g/mol. The maximum absolute atomic E-state index is 10.7. The third kappa shape index (κ3) is 7.73. The monoisotopic (exact) mass is 209 g/mol. The summed E-state index contributed by atoms with van der Waals surface area (Å²) in [6.45, 7) is 3.27. The van der Waals surface area contributed by atoms with E-state index in [0.717, 1.165) is 0 Å². The van der Waals surface area contributed by atoms with E-state index in [1.807, 2.05) is 0 Å². The molecule has 0 atom stereocenters. The zero-order valence-electron chi connectivity index (χ0n) is 7.36. The Hall–Kier alpha value is -0.620. The van der Waals surface area contributed by atoms with Gasteiger partial charge in [0.1, 0.15) is 0 Å². The molecule has 0 rings (SSSR count). The van der Waals surface area contributed by atoms with E-state index >= 15 is 0 Å². The van der Waals surface area contributed by atoms with Gasteiger partial charge in [-0.05, 0) is 6.42 Å². The van der Waals surface area contributed by atoms with Crippen LogP contribution in [-0.4, -0.2) is 18.4 Å². The zero-order chi connectivity index (χ0) is 9.61. The summed E-state index contributed by atoms with van der Waals surface area (Å²) in [5.41, 5.74) is 15.8. The zero-order valence-corrected chi connectivity index (χ0v) is 8.18. The van der Waals surface area contributed by atoms with Gasteiger partial charge in [-0.25, -0.2) is 0 Å². The first-order chi connectivity index (χ1) is 5.52. The van der Waals surface area contributed by atoms with Gasteiger partial charge in [-0.15, -0.1) is 19.0 Å². The lowest BCUT2D eigenvalue weighted by Gasteiger charge is -2.23. The molecule has 78 valence electrons. The molecule has 0 saturated heterocycles. The Morgan fingerprint density at radius 1 is 1.54 bits per heavy atom. The van der Waals surface area contributed by atoms with E-state index in [1.165, 1.54) is 0 Å². The van der Waals surface area contributed by atoms with E-state index in [9.17, 15) is 4.79 Å². The molecule has 0 aliphatic heterocycles. The predicted molar refractivity (Wildman–Crippen MR) is 52.9 cm³/mol. The topological polar surface area (TPSA) is 104 Å². The number of halogens is 1. The van der Waals surface area contributed by atoms with Crippen LogP contribution in [0.5, 0.6) is 0 Å². The molecule has 0 aromatic carbocycles. The smallest absolute Gasteiger partial charge is 0.322 e. The highest BCUT2D eigenvalue weighted by molar-refractivity contribution is 5.85. The molecule has 0 aromatic rings. The van der Waals surface area contributed by atoms with Crippen LogP contribution in [-0.2, 0) is 9.53 Å². The Bertz CT molecular complexity index is 173. The highest BCUT2D eigenvalue weighted by atomic mass is 35.5. The number of rotatable bonds is 5. The normalized spacial score (nSPS) is 10.1. The van der Waals surface area contributed by atoms with Crippen LogP contribution in [0.2, 0.25) is 0 Å². The highest BCUT2D eigenvalue weighted by Gasteiger charge is 2.22. The van der Waals surface area contributed by atoms with Crippen LogP contribution in [0.25, 0.3) is 0 Å². The summed E-state index contributed by atoms with van der Waals surface area (Å²) in [7, 11) is 0. The van der Waals surface area contributed by atoms with Gasteiger partial charge in [0.15, 0.2) is 0 Å². The molecular formula is C7H16ClN3O2. The molecule has 0 radical (unpaired) electrons. The second-order valence-electron chi connectivity index (χ2n) is 2.46. The second-order valence-corrected chi connectivity index (χ2v) is 2.46. The molecular weight excluding hydrogens is 194 g/mol. The summed E-state index contributed by atoms with van der Waals surface area (Å²) < 4.78 is 4.63. The van der Waals surface area contributed by atoms with E-state index in [0.29, 0.717) is 12.8 Å². The maximum Gasteiger partial charge on any atom is 0.322 e. The minimum atomic E-state index is -1.43. The number of esters is 1. The first kappa shape index (κ1) is 14.9. The van der Waals surface area contributed by atoms with Gasteiger partial charge in [0.25, 0.3) is 0 Å². The first-order valence-electron chi connectivity index (χ1n) is 3.62. The fourth-order valence-electron chi connectivity index (χ4n) is 0.632. The number of hydrogen-bond donors (Lipinski definition) is 3. The van der Waals surface area contributed by atoms with Crippen LogP contribution in [0.15, 0.2) is 12.7 Å². The lowest BCUT2D eigenvalue weighted by molar-refractivity contribution is -0.157. The molecule has 0 heterocycles. The van der Waals surface area contributed by atoms with E-state index in [4.69, 9.17) is 17.2 Å². The van der Waals surface area contributed by atoms with Gasteiger partial charge in [-0.2, -0.15) is 0 Å². The van der Waals surface area contributed by atoms with Gasteiger partial charge in [0.05, 0.1) is 6.54 Å². The summed E-state index contributed by atoms with van der Waals surface area (Å²) in [5, 5.41) is 0. The molecule has 0 aromatic heterocycles. The summed E-state index contributed by atoms with van der Waals surface area (Å²) in [6.07, 6.45) is 2.57. The van der Waals surface area contributed by atoms with Crippen LogP contribution >= 0.6 is 12.4 Å². The van der Waals surface area contributed by atoms with Crippen LogP contribution in [0.3, 0.4) is 0 Å². The van der Waals surface area contributed by atoms with Crippen molar-refractivity contribution in [1.29, 1.82) is 0 Å². The summed E-state index contributed by atoms with van der Waals surface area (Å²) in [6, 6.07) is 0. The van der Waals surface area contributed by atoms with E-state index in [-0.39, 0.29) is 19.0 Å². The molecule has 0 bridgehead atoms. The number of nitrogens with two attached hydrogens (primary N) is 3. The highest BCUT2D eigenvalue weighted by Crippen LogP contribution is 2.04. The van der Waals surface area contributed by atoms with Gasteiger partial charge in [-0.3, -0.25) is 16.3 Å². The fraction of sp³-hybridized carbons (Fsp3) is 0.571. The maximum atomic E-state index is 10.7. The van der Waals surface area contributed by atoms with Crippen molar-refractivity contribution in [3.05, 3.63) is 12.7 Å². The third-order valence-electron chi connectivity index (χ3n) is 1.21. The minimum absolute atomic E-state index is 0. The van der Waals surface area contributed by atoms with Crippen LogP contribution in [0, 0.1) is 0 Å². The molecule has 0 unspecified atom stereocenters. The first-order valence-corrected chi connectivity index (χ1v) is 3.62. The van der Waals surface area contributed by atoms with Crippen molar-refractivity contribution >= 4 is 18.4 Å². The number of carbonyl (C=O) groups is 1. The van der Waals surface area contributed by atoms with E-state index in [2.05, 4.69) is 11.3 Å². The molecule has 6 N–H and O–H groups in total. The molecule has 6 heteroatoms. The second kappa shape index (κ2) is 6.85. The van der Waals surface area contributed by atoms with Crippen molar-refractivity contribution in [2.45, 2.75) is 18.7 Å². The Labute approximate surface area is 83.7 Å². The van der Waals surface area contributed by atoms with Gasteiger partial charge in [-0.1, -0.05) is 6.08 Å². The molecule has 0 aliphatic carbocycles. The molecule has 0 fully saturated rings. The lowest BCUT2D eigenvalue weighted by Crippen LogP contribution is -2.53. The molecule has 13 heavy (non-hydrogen) atoms. The molecule has 0 saturated carbocycles. The Balaban J connectivity index is 0. The standard InChI is InChI=1S/C7H15N3O2.ClH/c1-2-3-4-7(9,10)12-6(11)5-8;/h2H,1,3-5,8-10H2;1H. The SMILES string of the molecule is C=CCCC(N)(N)OC(=O)CN.Cl. The molecule has 0 amide bonds. The number of hydrogen-bond acceptors (Lipinski definition) is 5. The molecule has 5 nitrogen and oxygen atoms in total. The van der Waals surface area contributed by atoms with Gasteiger partial charge in [0.2, 0.25) is 5.85 Å². The van der Waals surface area contributed by atoms with Crippen LogP contribution in [0.1, 0.15) is 12.8 Å². The van der Waals surface area contributed by atoms with Crippen molar-refractivity contribution < 1.29 is 9.53 Å². The van der Waals surface area contributed by atoms with E-state index < -0.39 is 11.8 Å². The number of ether oxygens (including phenoxy) is 1. The van der Waals surface area contributed by atoms with Crippen molar-refractivity contribution in [2.24, 2.45) is 17.2 Å². The summed E-state index contributed by atoms with van der Waals surface area (Å²) in [4.78, 5) is 10.7. The van der Waals surface area contributed by atoms with Gasteiger partial charge in [0, 0.05) is 6.42 Å². The van der Waals surface area contributed by atoms with Gasteiger partial charge >= 0.3 is 5.97 Å². The summed E-state index contributed by atoms with van der Waals surface area (Å²) in [5.74, 6) is -2.03. The van der Waals surface area contributed by atoms with E-state index in [1.54, 1.807) is 6.08 Å². The predicted octanol–water partition coefficient (Wildman–Crippen LogP) is -0.552. The largest absolute Gasteiger partial charge is 0.430 e. The fourth-order valence-corrected chi connectivity index (χ4v) is 0.632. The van der Waals surface area contributed by atoms with Crippen molar-refractivity contribution in [2.75, 3.05) is 6.54 Å². The third-order valence-corrected chi connectivity index (χ3v) is 1.21. The van der Waals surface area contributed by atoms with Crippen molar-refractivity contribution in [1.82, 2.24) is 0 Å². The van der Waals surface area contributed by atoms with Gasteiger partial charge < -0.3 is 10.5 Å². The minimum Gasteiger partial charge on any atom is -0.430 e. The van der Waals surface area contributed by atoms with Crippen LogP contribution in [0.4, 0.5) is 0 Å². The number of allylic oxidation sites excluding steroid dienone is 1. The molecule has 0 spiro atoms. The van der Waals surface area contributed by atoms with Crippen molar-refractivity contribution in [3.8, 4) is 0 Å². The number of carbonyl (C=O) groups excluding carboxylic acids is 1. The molecule has 0 aliphatic rings. The lowest BCUT2D eigenvalue weighted by atomic mass is 10.2. The van der Waals surface area contributed by atoms with Crippen LogP contribution < -0.4 is 17.2 Å².